The third-order valence-electron chi connectivity index (χ3n) is 6.79. The second-order valence-electron chi connectivity index (χ2n) is 10.0. The number of anilines is 2. The lowest BCUT2D eigenvalue weighted by Gasteiger charge is -2.26. The first kappa shape index (κ1) is 28.7. The van der Waals surface area contributed by atoms with Gasteiger partial charge in [-0.1, -0.05) is 29.8 Å². The van der Waals surface area contributed by atoms with Gasteiger partial charge in [-0.05, 0) is 46.2 Å². The minimum atomic E-state index is -0.588. The molecule has 0 fully saturated rings. The van der Waals surface area contributed by atoms with Crippen LogP contribution in [0.1, 0.15) is 44.4 Å². The summed E-state index contributed by atoms with van der Waals surface area (Å²) in [5, 5.41) is 17.6. The Morgan fingerprint density at radius 3 is 2.23 bits per heavy atom. The minimum Gasteiger partial charge on any atom is -0.391 e. The lowest BCUT2D eigenvalue weighted by molar-refractivity contribution is 0.168. The van der Waals surface area contributed by atoms with E-state index in [4.69, 9.17) is 11.5 Å². The van der Waals surface area contributed by atoms with E-state index in [9.17, 15) is 5.11 Å². The van der Waals surface area contributed by atoms with Crippen molar-refractivity contribution in [2.75, 3.05) is 23.7 Å². The van der Waals surface area contributed by atoms with Crippen molar-refractivity contribution in [3.63, 3.8) is 0 Å². The smallest absolute Gasteiger partial charge is 0.225 e. The molecule has 2 atom stereocenters. The van der Waals surface area contributed by atoms with Crippen LogP contribution in [0.5, 0.6) is 0 Å². The molecule has 0 saturated carbocycles. The zero-order valence-electron chi connectivity index (χ0n) is 23.7. The molecule has 0 amide bonds. The van der Waals surface area contributed by atoms with Crippen molar-refractivity contribution in [3.05, 3.63) is 84.3 Å². The van der Waals surface area contributed by atoms with Gasteiger partial charge >= 0.3 is 0 Å². The average molecular weight is 543 g/mol. The highest BCUT2D eigenvalue weighted by atomic mass is 16.3. The first-order chi connectivity index (χ1) is 19.1. The van der Waals surface area contributed by atoms with E-state index < -0.39 is 11.6 Å². The van der Waals surface area contributed by atoms with Gasteiger partial charge in [0, 0.05) is 54.6 Å². The number of nitrogens with two attached hydrogens (primary N) is 2. The number of hydrogen-bond acceptors (Lipinski definition) is 9. The predicted molar refractivity (Wildman–Crippen MR) is 158 cm³/mol. The van der Waals surface area contributed by atoms with Crippen molar-refractivity contribution in [2.45, 2.75) is 52.8 Å². The highest BCUT2D eigenvalue weighted by Crippen LogP contribution is 2.26. The minimum absolute atomic E-state index is 0.428. The summed E-state index contributed by atoms with van der Waals surface area (Å²) in [5.74, 6) is 1.20. The number of benzene rings is 1. The van der Waals surface area contributed by atoms with Crippen LogP contribution >= 0.6 is 0 Å². The van der Waals surface area contributed by atoms with E-state index in [0.29, 0.717) is 12.4 Å². The van der Waals surface area contributed by atoms with Gasteiger partial charge in [-0.25, -0.2) is 19.5 Å². The second kappa shape index (κ2) is 12.2. The standard InChI is InChI=1S/C17H24N4.C12H14N6O/c1-5-21(6-2)16-19-11-15(12-20-16)17(4,18)14-9-7-13(3)8-10-14;1-8(19)4-17-5-10(3-15-17)9-2-11-12(13)14-7-16-18(11)6-9/h7-12H,5-6,18H2,1-4H3;2-3,5-8,19H,4H2,1H3,(H2,13,14,16)/t17-;8-/m00/s1. The molecule has 210 valence electrons. The van der Waals surface area contributed by atoms with E-state index >= 15 is 0 Å². The molecule has 5 rings (SSSR count). The molecule has 11 heteroatoms. The van der Waals surface area contributed by atoms with Crippen molar-refractivity contribution >= 4 is 17.3 Å². The highest BCUT2D eigenvalue weighted by Gasteiger charge is 2.24. The summed E-state index contributed by atoms with van der Waals surface area (Å²) in [6.07, 6.45) is 10.2. The van der Waals surface area contributed by atoms with Crippen molar-refractivity contribution in [1.29, 1.82) is 0 Å². The van der Waals surface area contributed by atoms with E-state index in [1.807, 2.05) is 37.8 Å². The van der Waals surface area contributed by atoms with Crippen LogP contribution in [0.3, 0.4) is 0 Å². The van der Waals surface area contributed by atoms with Gasteiger partial charge in [-0.15, -0.1) is 0 Å². The Morgan fingerprint density at radius 2 is 1.62 bits per heavy atom. The van der Waals surface area contributed by atoms with E-state index in [-0.39, 0.29) is 0 Å². The second-order valence-corrected chi connectivity index (χ2v) is 10.0. The Bertz CT molecular complexity index is 1520. The summed E-state index contributed by atoms with van der Waals surface area (Å²) in [7, 11) is 0. The van der Waals surface area contributed by atoms with Crippen LogP contribution in [0.15, 0.2) is 67.6 Å². The van der Waals surface area contributed by atoms with Crippen LogP contribution in [0.2, 0.25) is 0 Å². The zero-order valence-corrected chi connectivity index (χ0v) is 23.7. The first-order valence-electron chi connectivity index (χ1n) is 13.4. The average Bonchev–Trinajstić information content (AvgIpc) is 3.58. The van der Waals surface area contributed by atoms with Gasteiger partial charge < -0.3 is 21.5 Å². The first-order valence-corrected chi connectivity index (χ1v) is 13.4. The summed E-state index contributed by atoms with van der Waals surface area (Å²) in [4.78, 5) is 15.0. The number of aryl methyl sites for hydroxylation is 1. The lowest BCUT2D eigenvalue weighted by Crippen LogP contribution is -2.35. The topological polar surface area (TPSA) is 149 Å². The van der Waals surface area contributed by atoms with Crippen molar-refractivity contribution in [1.82, 2.24) is 34.3 Å². The van der Waals surface area contributed by atoms with Gasteiger partial charge in [0.1, 0.15) is 11.8 Å². The number of aliphatic hydroxyl groups excluding tert-OH is 1. The molecule has 11 nitrogen and oxygen atoms in total. The summed E-state index contributed by atoms with van der Waals surface area (Å²) >= 11 is 0. The molecular weight excluding hydrogens is 504 g/mol. The van der Waals surface area contributed by atoms with Crippen LogP contribution in [0, 0.1) is 6.92 Å². The SMILES string of the molecule is CCN(CC)c1ncc([C@@](C)(N)c2ccc(C)cc2)cn1.C[C@H](O)Cn1cc(-c2cc3c(N)ncnn3c2)cn1. The van der Waals surface area contributed by atoms with Gasteiger partial charge in [0.25, 0.3) is 0 Å². The number of hydrogen-bond donors (Lipinski definition) is 3. The molecular formula is C29H38N10O. The monoisotopic (exact) mass is 542 g/mol. The van der Waals surface area contributed by atoms with Gasteiger partial charge in [0.05, 0.1) is 24.4 Å². The molecule has 0 aliphatic rings. The van der Waals surface area contributed by atoms with E-state index in [2.05, 4.69) is 75.1 Å². The largest absolute Gasteiger partial charge is 0.391 e. The predicted octanol–water partition coefficient (Wildman–Crippen LogP) is 3.41. The Kier molecular flexibility index (Phi) is 8.76. The summed E-state index contributed by atoms with van der Waals surface area (Å²) in [6.45, 7) is 12.2. The molecule has 0 aliphatic heterocycles. The summed E-state index contributed by atoms with van der Waals surface area (Å²) in [6, 6.07) is 10.2. The van der Waals surface area contributed by atoms with Crippen LogP contribution in [-0.4, -0.2) is 58.6 Å². The van der Waals surface area contributed by atoms with E-state index in [0.717, 1.165) is 46.8 Å². The summed E-state index contributed by atoms with van der Waals surface area (Å²) in [5.41, 5.74) is 17.6. The molecule has 0 aliphatic carbocycles. The number of aliphatic hydroxyl groups is 1. The molecule has 0 bridgehead atoms. The Morgan fingerprint density at radius 1 is 0.950 bits per heavy atom. The quantitative estimate of drug-likeness (QED) is 0.268. The van der Waals surface area contributed by atoms with Gasteiger partial charge in [-0.3, -0.25) is 4.68 Å². The maximum absolute atomic E-state index is 9.34. The molecule has 5 aromatic rings. The highest BCUT2D eigenvalue weighted by molar-refractivity contribution is 5.75. The molecule has 40 heavy (non-hydrogen) atoms. The van der Waals surface area contributed by atoms with Crippen LogP contribution in [-0.2, 0) is 12.1 Å². The number of aromatic nitrogens is 7. The fraction of sp³-hybridized carbons (Fsp3) is 0.345. The van der Waals surface area contributed by atoms with Crippen LogP contribution < -0.4 is 16.4 Å². The van der Waals surface area contributed by atoms with Crippen LogP contribution in [0.25, 0.3) is 16.6 Å². The number of nitrogen functional groups attached to an aromatic ring is 1. The number of rotatable bonds is 8. The molecule has 0 spiro atoms. The Labute approximate surface area is 234 Å². The normalized spacial score (nSPS) is 13.4. The maximum Gasteiger partial charge on any atom is 0.225 e. The third-order valence-corrected chi connectivity index (χ3v) is 6.79. The molecule has 4 aromatic heterocycles. The van der Waals surface area contributed by atoms with Gasteiger partial charge in [-0.2, -0.15) is 10.2 Å². The maximum atomic E-state index is 9.34. The van der Waals surface area contributed by atoms with Crippen LogP contribution in [0.4, 0.5) is 11.8 Å². The molecule has 1 aromatic carbocycles. The third kappa shape index (κ3) is 6.44. The number of fused-ring (bicyclic) bond motifs is 1. The molecule has 0 radical (unpaired) electrons. The van der Waals surface area contributed by atoms with Gasteiger partial charge in [0.15, 0.2) is 5.82 Å². The molecule has 0 unspecified atom stereocenters. The Balaban J connectivity index is 0.000000186. The number of nitrogens with zero attached hydrogens (tertiary/aromatic N) is 8. The molecule has 5 N–H and O–H groups in total. The van der Waals surface area contributed by atoms with E-state index in [1.165, 1.54) is 11.9 Å². The fourth-order valence-electron chi connectivity index (χ4n) is 4.32. The van der Waals surface area contributed by atoms with Crippen molar-refractivity contribution in [2.24, 2.45) is 5.73 Å². The zero-order chi connectivity index (χ0) is 28.9. The van der Waals surface area contributed by atoms with Crippen molar-refractivity contribution < 1.29 is 5.11 Å². The summed E-state index contributed by atoms with van der Waals surface area (Å²) < 4.78 is 3.39. The fourth-order valence-corrected chi connectivity index (χ4v) is 4.32. The lowest BCUT2D eigenvalue weighted by atomic mass is 9.87. The Hall–Kier alpha value is -4.35. The molecule has 0 saturated heterocycles. The molecule has 4 heterocycles. The van der Waals surface area contributed by atoms with Gasteiger partial charge in [0.2, 0.25) is 5.95 Å². The van der Waals surface area contributed by atoms with E-state index in [1.54, 1.807) is 22.3 Å². The van der Waals surface area contributed by atoms with Crippen molar-refractivity contribution in [3.8, 4) is 11.1 Å².